The number of carbonyl (C=O) groups is 1. The number of nitrogens with one attached hydrogen (secondary N) is 1. The first-order chi connectivity index (χ1) is 8.26. The summed E-state index contributed by atoms with van der Waals surface area (Å²) in [6.45, 7) is 6.92. The summed E-state index contributed by atoms with van der Waals surface area (Å²) in [7, 11) is 0. The van der Waals surface area contributed by atoms with Gasteiger partial charge in [0.15, 0.2) is 0 Å². The van der Waals surface area contributed by atoms with E-state index in [0.29, 0.717) is 19.5 Å². The fourth-order valence-electron chi connectivity index (χ4n) is 1.96. The molecule has 6 heteroatoms. The molecule has 1 amide bonds. The Morgan fingerprint density at radius 2 is 1.76 bits per heavy atom. The molecular weight excluding hydrogens is 220 g/mol. The van der Waals surface area contributed by atoms with E-state index < -0.39 is 0 Å². The van der Waals surface area contributed by atoms with Gasteiger partial charge >= 0.3 is 0 Å². The second kappa shape index (κ2) is 8.41. The van der Waals surface area contributed by atoms with Crippen LogP contribution in [-0.4, -0.2) is 79.8 Å². The lowest BCUT2D eigenvalue weighted by atomic mass is 10.3. The summed E-state index contributed by atoms with van der Waals surface area (Å²) >= 11 is 0. The first-order valence-electron chi connectivity index (χ1n) is 6.28. The molecule has 1 aliphatic heterocycles. The average molecular weight is 244 g/mol. The molecule has 1 rings (SSSR count). The van der Waals surface area contributed by atoms with E-state index in [0.717, 1.165) is 39.3 Å². The van der Waals surface area contributed by atoms with E-state index in [1.807, 2.05) is 0 Å². The van der Waals surface area contributed by atoms with Crippen molar-refractivity contribution in [2.45, 2.75) is 6.42 Å². The molecule has 0 spiro atoms. The van der Waals surface area contributed by atoms with Crippen molar-refractivity contribution in [2.24, 2.45) is 5.73 Å². The first-order valence-corrected chi connectivity index (χ1v) is 6.28. The first kappa shape index (κ1) is 14.4. The van der Waals surface area contributed by atoms with Gasteiger partial charge < -0.3 is 21.1 Å². The Labute approximate surface area is 103 Å². The maximum absolute atomic E-state index is 11.3. The van der Waals surface area contributed by atoms with Crippen molar-refractivity contribution in [3.8, 4) is 0 Å². The van der Waals surface area contributed by atoms with Crippen molar-refractivity contribution in [2.75, 3.05) is 59.0 Å². The number of hydrogen-bond donors (Lipinski definition) is 3. The summed E-state index contributed by atoms with van der Waals surface area (Å²) in [4.78, 5) is 16.0. The van der Waals surface area contributed by atoms with E-state index >= 15 is 0 Å². The van der Waals surface area contributed by atoms with Crippen LogP contribution in [-0.2, 0) is 4.79 Å². The number of rotatable bonds is 7. The Morgan fingerprint density at radius 1 is 1.18 bits per heavy atom. The maximum atomic E-state index is 11.3. The SMILES string of the molecule is NCCN1CCN(CCC(=O)NCCO)CC1. The van der Waals surface area contributed by atoms with E-state index in [4.69, 9.17) is 10.8 Å². The molecule has 1 saturated heterocycles. The van der Waals surface area contributed by atoms with Crippen molar-refractivity contribution in [3.05, 3.63) is 0 Å². The molecule has 0 aliphatic carbocycles. The summed E-state index contributed by atoms with van der Waals surface area (Å²) in [5.41, 5.74) is 5.51. The van der Waals surface area contributed by atoms with Crippen LogP contribution in [0.3, 0.4) is 0 Å². The quantitative estimate of drug-likeness (QED) is 0.485. The third kappa shape index (κ3) is 5.97. The lowest BCUT2D eigenvalue weighted by molar-refractivity contribution is -0.121. The third-order valence-electron chi connectivity index (χ3n) is 3.00. The Morgan fingerprint density at radius 3 is 2.29 bits per heavy atom. The topological polar surface area (TPSA) is 81.8 Å². The molecule has 1 heterocycles. The molecule has 0 aromatic heterocycles. The maximum Gasteiger partial charge on any atom is 0.221 e. The van der Waals surface area contributed by atoms with Gasteiger partial charge in [0.2, 0.25) is 5.91 Å². The van der Waals surface area contributed by atoms with Crippen LogP contribution in [0.1, 0.15) is 6.42 Å². The molecule has 0 aromatic rings. The van der Waals surface area contributed by atoms with E-state index in [1.54, 1.807) is 0 Å². The van der Waals surface area contributed by atoms with Crippen molar-refractivity contribution < 1.29 is 9.90 Å². The van der Waals surface area contributed by atoms with Crippen LogP contribution in [0.2, 0.25) is 0 Å². The number of aliphatic hydroxyl groups excluding tert-OH is 1. The highest BCUT2D eigenvalue weighted by Gasteiger charge is 2.16. The van der Waals surface area contributed by atoms with Gasteiger partial charge in [-0.2, -0.15) is 0 Å². The van der Waals surface area contributed by atoms with Crippen molar-refractivity contribution >= 4 is 5.91 Å². The molecular formula is C11H24N4O2. The van der Waals surface area contributed by atoms with Crippen molar-refractivity contribution in [1.82, 2.24) is 15.1 Å². The molecule has 17 heavy (non-hydrogen) atoms. The zero-order chi connectivity index (χ0) is 12.5. The Bertz CT molecular complexity index is 218. The molecule has 0 radical (unpaired) electrons. The van der Waals surface area contributed by atoms with Gasteiger partial charge in [-0.3, -0.25) is 9.69 Å². The van der Waals surface area contributed by atoms with E-state index in [9.17, 15) is 4.79 Å². The minimum Gasteiger partial charge on any atom is -0.395 e. The molecule has 0 bridgehead atoms. The molecule has 0 saturated carbocycles. The van der Waals surface area contributed by atoms with E-state index in [-0.39, 0.29) is 12.5 Å². The molecule has 1 fully saturated rings. The number of nitrogens with two attached hydrogens (primary N) is 1. The Balaban J connectivity index is 2.07. The van der Waals surface area contributed by atoms with Gasteiger partial charge in [0.1, 0.15) is 0 Å². The minimum absolute atomic E-state index is 0.00348. The molecule has 0 atom stereocenters. The monoisotopic (exact) mass is 244 g/mol. The van der Waals surface area contributed by atoms with Gasteiger partial charge in [0.05, 0.1) is 6.61 Å². The standard InChI is InChI=1S/C11H24N4O2/c12-2-5-15-8-6-14(7-9-15)4-1-11(17)13-3-10-16/h16H,1-10,12H2,(H,13,17). The van der Waals surface area contributed by atoms with Gasteiger partial charge in [0, 0.05) is 58.8 Å². The zero-order valence-electron chi connectivity index (χ0n) is 10.4. The van der Waals surface area contributed by atoms with Gasteiger partial charge in [-0.05, 0) is 0 Å². The zero-order valence-corrected chi connectivity index (χ0v) is 10.4. The second-order valence-electron chi connectivity index (χ2n) is 4.30. The number of carbonyl (C=O) groups excluding carboxylic acids is 1. The Kier molecular flexibility index (Phi) is 7.11. The molecule has 0 aromatic carbocycles. The van der Waals surface area contributed by atoms with Gasteiger partial charge in [-0.15, -0.1) is 0 Å². The van der Waals surface area contributed by atoms with Crippen LogP contribution in [0.25, 0.3) is 0 Å². The van der Waals surface area contributed by atoms with Gasteiger partial charge in [0.25, 0.3) is 0 Å². The largest absolute Gasteiger partial charge is 0.395 e. The van der Waals surface area contributed by atoms with Crippen molar-refractivity contribution in [3.63, 3.8) is 0 Å². The normalized spacial score (nSPS) is 18.2. The number of nitrogens with zero attached hydrogens (tertiary/aromatic N) is 2. The average Bonchev–Trinajstić information content (AvgIpc) is 2.36. The smallest absolute Gasteiger partial charge is 0.221 e. The van der Waals surface area contributed by atoms with Crippen LogP contribution < -0.4 is 11.1 Å². The van der Waals surface area contributed by atoms with Gasteiger partial charge in [-0.25, -0.2) is 0 Å². The van der Waals surface area contributed by atoms with Crippen LogP contribution in [0.15, 0.2) is 0 Å². The lowest BCUT2D eigenvalue weighted by Gasteiger charge is -2.34. The number of piperazine rings is 1. The Hall–Kier alpha value is -0.690. The molecule has 4 N–H and O–H groups in total. The number of hydrogen-bond acceptors (Lipinski definition) is 5. The van der Waals surface area contributed by atoms with E-state index in [1.165, 1.54) is 0 Å². The van der Waals surface area contributed by atoms with E-state index in [2.05, 4.69) is 15.1 Å². The third-order valence-corrected chi connectivity index (χ3v) is 3.00. The fraction of sp³-hybridized carbons (Fsp3) is 0.909. The highest BCUT2D eigenvalue weighted by atomic mass is 16.3. The summed E-state index contributed by atoms with van der Waals surface area (Å²) in [6, 6.07) is 0. The highest BCUT2D eigenvalue weighted by molar-refractivity contribution is 5.76. The summed E-state index contributed by atoms with van der Waals surface area (Å²) in [5, 5.41) is 11.2. The summed E-state index contributed by atoms with van der Waals surface area (Å²) in [5.74, 6) is 0.0171. The van der Waals surface area contributed by atoms with Crippen molar-refractivity contribution in [1.29, 1.82) is 0 Å². The van der Waals surface area contributed by atoms with Crippen LogP contribution in [0.5, 0.6) is 0 Å². The number of aliphatic hydroxyl groups is 1. The second-order valence-corrected chi connectivity index (χ2v) is 4.30. The predicted octanol–water partition coefficient (Wildman–Crippen LogP) is -1.94. The lowest BCUT2D eigenvalue weighted by Crippen LogP contribution is -2.48. The fourth-order valence-corrected chi connectivity index (χ4v) is 1.96. The van der Waals surface area contributed by atoms with Crippen LogP contribution in [0.4, 0.5) is 0 Å². The highest BCUT2D eigenvalue weighted by Crippen LogP contribution is 2.01. The molecule has 100 valence electrons. The molecule has 1 aliphatic rings. The minimum atomic E-state index is 0.00348. The van der Waals surface area contributed by atoms with Gasteiger partial charge in [-0.1, -0.05) is 0 Å². The van der Waals surface area contributed by atoms with Crippen LogP contribution in [0, 0.1) is 0 Å². The summed E-state index contributed by atoms with van der Waals surface area (Å²) < 4.78 is 0. The van der Waals surface area contributed by atoms with Crippen LogP contribution >= 0.6 is 0 Å². The number of amides is 1. The molecule has 0 unspecified atom stereocenters. The predicted molar refractivity (Wildman–Crippen MR) is 66.6 cm³/mol. The summed E-state index contributed by atoms with van der Waals surface area (Å²) in [6.07, 6.45) is 0.511. The molecule has 6 nitrogen and oxygen atoms in total.